The Labute approximate surface area is 153 Å². The van der Waals surface area contributed by atoms with Gasteiger partial charge in [0.2, 0.25) is 0 Å². The molecule has 6 nitrogen and oxygen atoms in total. The number of thioether (sulfide) groups is 1. The van der Waals surface area contributed by atoms with Crippen molar-refractivity contribution in [3.05, 3.63) is 17.1 Å². The molecule has 4 rings (SSSR count). The predicted molar refractivity (Wildman–Crippen MR) is 102 cm³/mol. The van der Waals surface area contributed by atoms with Gasteiger partial charge >= 0.3 is 0 Å². The van der Waals surface area contributed by atoms with E-state index in [2.05, 4.69) is 33.1 Å². The van der Waals surface area contributed by atoms with Crippen LogP contribution >= 0.6 is 11.8 Å². The molecule has 0 saturated heterocycles. The Bertz CT molecular complexity index is 715. The average molecular weight is 361 g/mol. The maximum atomic E-state index is 4.94. The van der Waals surface area contributed by atoms with E-state index in [0.717, 1.165) is 49.0 Å². The van der Waals surface area contributed by atoms with Crippen molar-refractivity contribution >= 4 is 11.8 Å². The quantitative estimate of drug-likeness (QED) is 0.888. The number of nitrogens with one attached hydrogen (secondary N) is 1. The summed E-state index contributed by atoms with van der Waals surface area (Å²) in [6.45, 7) is 2.03. The second-order valence-corrected chi connectivity index (χ2v) is 8.33. The number of hydrogen-bond acceptors (Lipinski definition) is 5. The molecule has 1 fully saturated rings. The van der Waals surface area contributed by atoms with E-state index in [1.165, 1.54) is 43.4 Å². The molecule has 0 radical (unpaired) electrons. The summed E-state index contributed by atoms with van der Waals surface area (Å²) in [4.78, 5) is 7.29. The summed E-state index contributed by atoms with van der Waals surface area (Å²) in [7, 11) is 2.18. The lowest BCUT2D eigenvalue weighted by Gasteiger charge is -2.24. The topological polar surface area (TPSA) is 62.6 Å². The highest BCUT2D eigenvalue weighted by atomic mass is 32.2. The lowest BCUT2D eigenvalue weighted by Crippen LogP contribution is -2.26. The number of H-pyrrole nitrogens is 1. The molecule has 136 valence electrons. The molecule has 2 aromatic heterocycles. The normalized spacial score (nSPS) is 19.3. The van der Waals surface area contributed by atoms with Gasteiger partial charge in [-0.3, -0.25) is 5.10 Å². The minimum absolute atomic E-state index is 0.480. The lowest BCUT2D eigenvalue weighted by molar-refractivity contribution is 0.311. The Morgan fingerprint density at radius 2 is 2.08 bits per heavy atom. The van der Waals surface area contributed by atoms with E-state index in [-0.39, 0.29) is 0 Å². The van der Waals surface area contributed by atoms with Crippen LogP contribution in [0.2, 0.25) is 0 Å². The number of fused-ring (bicyclic) bond motifs is 1. The van der Waals surface area contributed by atoms with E-state index < -0.39 is 0 Å². The summed E-state index contributed by atoms with van der Waals surface area (Å²) >= 11 is 1.85. The molecule has 2 aliphatic rings. The second-order valence-electron chi connectivity index (χ2n) is 7.35. The third-order valence-electron chi connectivity index (χ3n) is 5.46. The van der Waals surface area contributed by atoms with Crippen LogP contribution in [-0.4, -0.2) is 55.5 Å². The maximum Gasteiger partial charge on any atom is 0.179 e. The standard InChI is InChI=1S/C18H28N6S/c1-23-10-8-15-14(12-23)17(21-20-15)18-19-16(9-11-25-2)22-24(18)13-6-4-3-5-7-13/h13H,3-12H2,1-2H3,(H,20,21). The molecule has 0 unspecified atom stereocenters. The van der Waals surface area contributed by atoms with E-state index >= 15 is 0 Å². The Kier molecular flexibility index (Phi) is 5.12. The van der Waals surface area contributed by atoms with E-state index in [9.17, 15) is 0 Å². The first kappa shape index (κ1) is 17.1. The third kappa shape index (κ3) is 3.49. The fourth-order valence-electron chi connectivity index (χ4n) is 4.02. The molecule has 0 aromatic carbocycles. The van der Waals surface area contributed by atoms with Gasteiger partial charge in [-0.2, -0.15) is 22.0 Å². The fraction of sp³-hybridized carbons (Fsp3) is 0.722. The number of aromatic amines is 1. The zero-order valence-corrected chi connectivity index (χ0v) is 16.1. The van der Waals surface area contributed by atoms with Crippen molar-refractivity contribution in [1.29, 1.82) is 0 Å². The number of aromatic nitrogens is 5. The highest BCUT2D eigenvalue weighted by Gasteiger charge is 2.27. The van der Waals surface area contributed by atoms with Crippen LogP contribution in [0.3, 0.4) is 0 Å². The van der Waals surface area contributed by atoms with Crippen LogP contribution in [0.5, 0.6) is 0 Å². The summed E-state index contributed by atoms with van der Waals surface area (Å²) in [5.74, 6) is 3.02. The van der Waals surface area contributed by atoms with Gasteiger partial charge in [-0.1, -0.05) is 19.3 Å². The molecule has 25 heavy (non-hydrogen) atoms. The molecular formula is C18H28N6S. The Hall–Kier alpha value is -1.34. The molecule has 1 saturated carbocycles. The largest absolute Gasteiger partial charge is 0.302 e. The van der Waals surface area contributed by atoms with Crippen molar-refractivity contribution in [2.75, 3.05) is 25.6 Å². The van der Waals surface area contributed by atoms with Crippen molar-refractivity contribution in [3.8, 4) is 11.5 Å². The first-order valence-corrected chi connectivity index (χ1v) is 10.8. The summed E-state index contributed by atoms with van der Waals surface area (Å²) < 4.78 is 2.21. The van der Waals surface area contributed by atoms with Crippen LogP contribution in [0.15, 0.2) is 0 Å². The molecule has 1 N–H and O–H groups in total. The molecule has 0 amide bonds. The molecule has 0 bridgehead atoms. The van der Waals surface area contributed by atoms with Crippen molar-refractivity contribution in [2.45, 2.75) is 57.5 Å². The van der Waals surface area contributed by atoms with Gasteiger partial charge in [0.05, 0.1) is 6.04 Å². The van der Waals surface area contributed by atoms with Crippen molar-refractivity contribution in [2.24, 2.45) is 0 Å². The molecule has 3 heterocycles. The summed E-state index contributed by atoms with van der Waals surface area (Å²) in [6, 6.07) is 0.480. The monoisotopic (exact) mass is 360 g/mol. The summed E-state index contributed by atoms with van der Waals surface area (Å²) in [5, 5.41) is 12.9. The highest BCUT2D eigenvalue weighted by Crippen LogP contribution is 2.33. The average Bonchev–Trinajstić information content (AvgIpc) is 3.24. The predicted octanol–water partition coefficient (Wildman–Crippen LogP) is 3.07. The Morgan fingerprint density at radius 3 is 2.88 bits per heavy atom. The fourth-order valence-corrected chi connectivity index (χ4v) is 4.41. The third-order valence-corrected chi connectivity index (χ3v) is 6.07. The highest BCUT2D eigenvalue weighted by molar-refractivity contribution is 7.98. The first-order valence-electron chi connectivity index (χ1n) is 9.45. The number of likely N-dealkylation sites (N-methyl/N-ethyl adjacent to an activating group) is 1. The SMILES string of the molecule is CSCCc1nc(-c2n[nH]c3c2CN(C)CC3)n(C2CCCCC2)n1. The van der Waals surface area contributed by atoms with Crippen LogP contribution < -0.4 is 0 Å². The van der Waals surface area contributed by atoms with Gasteiger partial charge in [-0.25, -0.2) is 9.67 Å². The first-order chi connectivity index (χ1) is 12.3. The molecular weight excluding hydrogens is 332 g/mol. The van der Waals surface area contributed by atoms with Crippen LogP contribution in [-0.2, 0) is 19.4 Å². The molecule has 1 aliphatic heterocycles. The minimum Gasteiger partial charge on any atom is -0.302 e. The van der Waals surface area contributed by atoms with Crippen molar-refractivity contribution in [3.63, 3.8) is 0 Å². The van der Waals surface area contributed by atoms with Gasteiger partial charge in [-0.05, 0) is 26.1 Å². The molecule has 7 heteroatoms. The maximum absolute atomic E-state index is 4.94. The summed E-state index contributed by atoms with van der Waals surface area (Å²) in [5.41, 5.74) is 3.61. The van der Waals surface area contributed by atoms with Crippen LogP contribution in [0.25, 0.3) is 11.5 Å². The van der Waals surface area contributed by atoms with Gasteiger partial charge in [0.1, 0.15) is 5.69 Å². The van der Waals surface area contributed by atoms with Crippen molar-refractivity contribution in [1.82, 2.24) is 29.9 Å². The Balaban J connectivity index is 1.72. The molecule has 0 spiro atoms. The van der Waals surface area contributed by atoms with Gasteiger partial charge in [0.25, 0.3) is 0 Å². The van der Waals surface area contributed by atoms with Crippen LogP contribution in [0.4, 0.5) is 0 Å². The molecule has 2 aromatic rings. The smallest absolute Gasteiger partial charge is 0.179 e. The number of rotatable bonds is 5. The second kappa shape index (κ2) is 7.50. The molecule has 0 atom stereocenters. The van der Waals surface area contributed by atoms with Gasteiger partial charge in [0.15, 0.2) is 11.6 Å². The van der Waals surface area contributed by atoms with Crippen LogP contribution in [0, 0.1) is 0 Å². The Morgan fingerprint density at radius 1 is 1.24 bits per heavy atom. The van der Waals surface area contributed by atoms with Gasteiger partial charge in [-0.15, -0.1) is 0 Å². The van der Waals surface area contributed by atoms with Gasteiger partial charge < -0.3 is 4.90 Å². The minimum atomic E-state index is 0.480. The van der Waals surface area contributed by atoms with E-state index in [4.69, 9.17) is 10.1 Å². The van der Waals surface area contributed by atoms with Crippen molar-refractivity contribution < 1.29 is 0 Å². The van der Waals surface area contributed by atoms with E-state index in [1.807, 2.05) is 11.8 Å². The van der Waals surface area contributed by atoms with Gasteiger partial charge in [0, 0.05) is 42.9 Å². The zero-order chi connectivity index (χ0) is 17.2. The zero-order valence-electron chi connectivity index (χ0n) is 15.3. The number of aryl methyl sites for hydroxylation is 1. The van der Waals surface area contributed by atoms with E-state index in [1.54, 1.807) is 0 Å². The van der Waals surface area contributed by atoms with Crippen LogP contribution in [0.1, 0.15) is 55.2 Å². The lowest BCUT2D eigenvalue weighted by atomic mass is 9.95. The van der Waals surface area contributed by atoms with E-state index in [0.29, 0.717) is 6.04 Å². The summed E-state index contributed by atoms with van der Waals surface area (Å²) in [6.07, 6.45) is 10.5. The molecule has 1 aliphatic carbocycles. The number of hydrogen-bond donors (Lipinski definition) is 1. The number of nitrogens with zero attached hydrogens (tertiary/aromatic N) is 5.